The van der Waals surface area contributed by atoms with E-state index in [1.54, 1.807) is 0 Å². The zero-order valence-electron chi connectivity index (χ0n) is 12.0. The topological polar surface area (TPSA) is 35.0 Å². The summed E-state index contributed by atoms with van der Waals surface area (Å²) >= 11 is 5.72. The third-order valence-corrected chi connectivity index (χ3v) is 3.01. The Morgan fingerprint density at radius 2 is 1.76 bits per heavy atom. The number of ether oxygens (including phenoxy) is 1. The van der Waals surface area contributed by atoms with Gasteiger partial charge in [0.05, 0.1) is 24.0 Å². The normalized spacial score (nSPS) is 9.81. The molecular weight excluding hydrogens is 284 g/mol. The Balaban J connectivity index is 1.92. The Morgan fingerprint density at radius 3 is 2.43 bits per heavy atom. The summed E-state index contributed by atoms with van der Waals surface area (Å²) in [6.45, 7) is 2.94. The highest BCUT2D eigenvalue weighted by molar-refractivity contribution is 6.30. The summed E-state index contributed by atoms with van der Waals surface area (Å²) in [7, 11) is 0. The summed E-state index contributed by atoms with van der Waals surface area (Å²) in [5.74, 6) is 7.24. The van der Waals surface area contributed by atoms with Gasteiger partial charge in [-0.25, -0.2) is 9.97 Å². The maximum absolute atomic E-state index is 5.72. The predicted molar refractivity (Wildman–Crippen MR) is 84.5 cm³/mol. The van der Waals surface area contributed by atoms with E-state index in [0.29, 0.717) is 10.8 Å². The summed E-state index contributed by atoms with van der Waals surface area (Å²) in [6.07, 6.45) is 6.55. The van der Waals surface area contributed by atoms with Crippen LogP contribution in [0, 0.1) is 11.8 Å². The largest absolute Gasteiger partial charge is 0.494 e. The average molecular weight is 301 g/mol. The van der Waals surface area contributed by atoms with E-state index in [4.69, 9.17) is 16.3 Å². The van der Waals surface area contributed by atoms with Gasteiger partial charge in [0.1, 0.15) is 5.75 Å². The monoisotopic (exact) mass is 300 g/mol. The average Bonchev–Trinajstić information content (AvgIpc) is 2.52. The molecule has 0 aliphatic carbocycles. The lowest BCUT2D eigenvalue weighted by atomic mass is 10.2. The van der Waals surface area contributed by atoms with Crippen LogP contribution in [0.25, 0.3) is 0 Å². The quantitative estimate of drug-likeness (QED) is 0.616. The van der Waals surface area contributed by atoms with Crippen molar-refractivity contribution in [2.45, 2.75) is 26.2 Å². The van der Waals surface area contributed by atoms with Crippen molar-refractivity contribution in [1.29, 1.82) is 0 Å². The third kappa shape index (κ3) is 5.45. The molecular formula is C17H17ClN2O. The molecule has 1 aromatic carbocycles. The van der Waals surface area contributed by atoms with Gasteiger partial charge in [-0.15, -0.1) is 0 Å². The first-order valence-electron chi connectivity index (χ1n) is 7.00. The van der Waals surface area contributed by atoms with Gasteiger partial charge < -0.3 is 4.74 Å². The molecule has 0 spiro atoms. The Bertz CT molecular complexity index is 612. The molecule has 0 unspecified atom stereocenters. The molecule has 21 heavy (non-hydrogen) atoms. The predicted octanol–water partition coefficient (Wildman–Crippen LogP) is 4.10. The molecule has 2 rings (SSSR count). The fourth-order valence-electron chi connectivity index (χ4n) is 1.68. The minimum absolute atomic E-state index is 0.458. The summed E-state index contributed by atoms with van der Waals surface area (Å²) in [5.41, 5.74) is 0.898. The van der Waals surface area contributed by atoms with Crippen LogP contribution in [0.1, 0.15) is 37.6 Å². The molecule has 0 aliphatic heterocycles. The smallest absolute Gasteiger partial charge is 0.205 e. The second-order valence-electron chi connectivity index (χ2n) is 4.55. The van der Waals surface area contributed by atoms with Crippen LogP contribution in [0.5, 0.6) is 5.75 Å². The fourth-order valence-corrected chi connectivity index (χ4v) is 1.78. The highest BCUT2D eigenvalue weighted by atomic mass is 35.5. The van der Waals surface area contributed by atoms with E-state index in [1.807, 2.05) is 24.3 Å². The van der Waals surface area contributed by atoms with E-state index in [9.17, 15) is 0 Å². The number of halogens is 1. The Kier molecular flexibility index (Phi) is 6.05. The molecule has 0 aliphatic rings. The Hall–Kier alpha value is -2.05. The van der Waals surface area contributed by atoms with E-state index < -0.39 is 0 Å². The molecule has 4 heteroatoms. The molecule has 1 aromatic heterocycles. The summed E-state index contributed by atoms with van der Waals surface area (Å²) < 4.78 is 5.65. The number of nitrogens with zero attached hydrogens (tertiary/aromatic N) is 2. The van der Waals surface area contributed by atoms with Gasteiger partial charge in [0.15, 0.2) is 0 Å². The Morgan fingerprint density at radius 1 is 1.05 bits per heavy atom. The van der Waals surface area contributed by atoms with Crippen molar-refractivity contribution in [2.75, 3.05) is 6.61 Å². The number of unbranched alkanes of at least 4 members (excludes halogenated alkanes) is 2. The summed E-state index contributed by atoms with van der Waals surface area (Å²) in [6, 6.07) is 7.72. The van der Waals surface area contributed by atoms with Crippen LogP contribution in [0.2, 0.25) is 5.02 Å². The zero-order valence-corrected chi connectivity index (χ0v) is 12.7. The second-order valence-corrected chi connectivity index (χ2v) is 4.99. The maximum Gasteiger partial charge on any atom is 0.205 e. The van der Waals surface area contributed by atoms with Crippen LogP contribution in [0.4, 0.5) is 0 Å². The first-order valence-corrected chi connectivity index (χ1v) is 7.38. The third-order valence-electron chi connectivity index (χ3n) is 2.81. The standard InChI is InChI=1S/C17H17ClN2O/c1-2-3-4-11-21-16-8-5-14(6-9-16)7-10-17-19-12-15(18)13-20-17/h5-6,8-9,12-13H,2-4,11H2,1H3. The lowest BCUT2D eigenvalue weighted by Crippen LogP contribution is -1.96. The lowest BCUT2D eigenvalue weighted by Gasteiger charge is -2.05. The SMILES string of the molecule is CCCCCOc1ccc(C#Cc2ncc(Cl)cn2)cc1. The van der Waals surface area contributed by atoms with E-state index in [2.05, 4.69) is 28.7 Å². The van der Waals surface area contributed by atoms with Crippen molar-refractivity contribution in [3.05, 3.63) is 53.1 Å². The van der Waals surface area contributed by atoms with Gasteiger partial charge in [0, 0.05) is 5.56 Å². The van der Waals surface area contributed by atoms with Gasteiger partial charge in [-0.3, -0.25) is 0 Å². The van der Waals surface area contributed by atoms with Crippen molar-refractivity contribution in [1.82, 2.24) is 9.97 Å². The van der Waals surface area contributed by atoms with Crippen molar-refractivity contribution in [3.63, 3.8) is 0 Å². The van der Waals surface area contributed by atoms with Crippen molar-refractivity contribution in [2.24, 2.45) is 0 Å². The number of benzene rings is 1. The van der Waals surface area contributed by atoms with Crippen molar-refractivity contribution < 1.29 is 4.74 Å². The highest BCUT2D eigenvalue weighted by Gasteiger charge is 1.95. The number of aromatic nitrogens is 2. The number of hydrogen-bond donors (Lipinski definition) is 0. The molecule has 0 bridgehead atoms. The van der Waals surface area contributed by atoms with Gasteiger partial charge in [-0.2, -0.15) is 0 Å². The van der Waals surface area contributed by atoms with Crippen molar-refractivity contribution in [3.8, 4) is 17.6 Å². The minimum atomic E-state index is 0.458. The molecule has 3 nitrogen and oxygen atoms in total. The van der Waals surface area contributed by atoms with E-state index in [0.717, 1.165) is 24.3 Å². The van der Waals surface area contributed by atoms with Gasteiger partial charge in [0.2, 0.25) is 5.82 Å². The molecule has 0 fully saturated rings. The first kappa shape index (κ1) is 15.3. The highest BCUT2D eigenvalue weighted by Crippen LogP contribution is 2.12. The molecule has 1 heterocycles. The lowest BCUT2D eigenvalue weighted by molar-refractivity contribution is 0.306. The molecule has 108 valence electrons. The minimum Gasteiger partial charge on any atom is -0.494 e. The molecule has 0 radical (unpaired) electrons. The molecule has 0 amide bonds. The number of rotatable bonds is 5. The zero-order chi connectivity index (χ0) is 14.9. The van der Waals surface area contributed by atoms with Crippen LogP contribution >= 0.6 is 11.6 Å². The van der Waals surface area contributed by atoms with Gasteiger partial charge in [-0.1, -0.05) is 37.3 Å². The molecule has 0 atom stereocenters. The van der Waals surface area contributed by atoms with Crippen LogP contribution in [0.15, 0.2) is 36.7 Å². The molecule has 2 aromatic rings. The van der Waals surface area contributed by atoms with Gasteiger partial charge in [0.25, 0.3) is 0 Å². The number of hydrogen-bond acceptors (Lipinski definition) is 3. The second kappa shape index (κ2) is 8.28. The maximum atomic E-state index is 5.72. The molecule has 0 saturated heterocycles. The van der Waals surface area contributed by atoms with Crippen LogP contribution in [0.3, 0.4) is 0 Å². The summed E-state index contributed by atoms with van der Waals surface area (Å²) in [5, 5.41) is 0.505. The Labute approximate surface area is 130 Å². The van der Waals surface area contributed by atoms with Crippen LogP contribution in [-0.2, 0) is 0 Å². The van der Waals surface area contributed by atoms with E-state index in [1.165, 1.54) is 25.2 Å². The van der Waals surface area contributed by atoms with Gasteiger partial charge >= 0.3 is 0 Å². The molecule has 0 saturated carbocycles. The fraction of sp³-hybridized carbons (Fsp3) is 0.294. The van der Waals surface area contributed by atoms with Crippen molar-refractivity contribution >= 4 is 11.6 Å². The van der Waals surface area contributed by atoms with Gasteiger partial charge in [-0.05, 0) is 36.6 Å². The summed E-state index contributed by atoms with van der Waals surface area (Å²) in [4.78, 5) is 8.05. The van der Waals surface area contributed by atoms with E-state index in [-0.39, 0.29) is 0 Å². The van der Waals surface area contributed by atoms with E-state index >= 15 is 0 Å². The van der Waals surface area contributed by atoms with Crippen LogP contribution in [-0.4, -0.2) is 16.6 Å². The van der Waals surface area contributed by atoms with Crippen LogP contribution < -0.4 is 4.74 Å². The molecule has 0 N–H and O–H groups in total. The first-order chi connectivity index (χ1) is 10.3.